The number of fused-ring (bicyclic) bond motifs is 4. The highest BCUT2D eigenvalue weighted by atomic mass is 16.4. The van der Waals surface area contributed by atoms with E-state index >= 15 is 0 Å². The van der Waals surface area contributed by atoms with Crippen LogP contribution in [0.3, 0.4) is 0 Å². The Morgan fingerprint density at radius 2 is 2.12 bits per heavy atom. The zero-order valence-corrected chi connectivity index (χ0v) is 14.6. The average molecular weight is 341 g/mol. The molecule has 2 aliphatic heterocycles. The lowest BCUT2D eigenvalue weighted by Gasteiger charge is -2.40. The molecule has 132 valence electrons. The van der Waals surface area contributed by atoms with E-state index in [1.165, 1.54) is 17.0 Å². The molecule has 2 aromatic heterocycles. The molecule has 4 rings (SSSR count). The van der Waals surface area contributed by atoms with Gasteiger partial charge in [-0.05, 0) is 37.6 Å². The average Bonchev–Trinajstić information content (AvgIpc) is 3.05. The maximum absolute atomic E-state index is 12.7. The number of rotatable bonds is 4. The van der Waals surface area contributed by atoms with Crippen LogP contribution in [0.1, 0.15) is 42.0 Å². The summed E-state index contributed by atoms with van der Waals surface area (Å²) in [5.74, 6) is 2.52. The van der Waals surface area contributed by atoms with E-state index in [4.69, 9.17) is 9.52 Å². The fourth-order valence-corrected chi connectivity index (χ4v) is 4.49. The van der Waals surface area contributed by atoms with Crippen LogP contribution in [0.2, 0.25) is 0 Å². The Kier molecular flexibility index (Phi) is 4.36. The predicted octanol–water partition coefficient (Wildman–Crippen LogP) is 1.17. The van der Waals surface area contributed by atoms with Crippen LogP contribution < -0.4 is 10.5 Å². The number of nitrogens with zero attached hydrogens (tertiary/aromatic N) is 1. The maximum Gasteiger partial charge on any atom is 0.258 e. The van der Waals surface area contributed by atoms with E-state index < -0.39 is 0 Å². The molecule has 0 spiro atoms. The van der Waals surface area contributed by atoms with Crippen molar-refractivity contribution >= 4 is 6.08 Å². The summed E-state index contributed by atoms with van der Waals surface area (Å²) in [6, 6.07) is 7.90. The normalized spacial score (nSPS) is 25.3. The number of likely N-dealkylation sites (tertiary alicyclic amines) is 1. The van der Waals surface area contributed by atoms with E-state index in [-0.39, 0.29) is 12.2 Å². The van der Waals surface area contributed by atoms with Crippen molar-refractivity contribution in [2.45, 2.75) is 39.0 Å². The van der Waals surface area contributed by atoms with Gasteiger partial charge in [0.1, 0.15) is 18.9 Å². The van der Waals surface area contributed by atoms with E-state index in [1.54, 1.807) is 0 Å². The number of quaternary nitrogens is 1. The van der Waals surface area contributed by atoms with Gasteiger partial charge in [-0.1, -0.05) is 12.2 Å². The van der Waals surface area contributed by atoms with Crippen LogP contribution in [-0.4, -0.2) is 22.8 Å². The number of piperidine rings is 1. The minimum absolute atomic E-state index is 0.0502. The molecule has 0 amide bonds. The van der Waals surface area contributed by atoms with Crippen LogP contribution in [-0.2, 0) is 19.7 Å². The summed E-state index contributed by atoms with van der Waals surface area (Å²) in [5, 5.41) is 9.15. The van der Waals surface area contributed by atoms with Crippen molar-refractivity contribution in [2.75, 3.05) is 13.1 Å². The largest absolute Gasteiger partial charge is 0.458 e. The Bertz CT molecular complexity index is 849. The van der Waals surface area contributed by atoms with E-state index in [2.05, 4.69) is 6.07 Å². The minimum Gasteiger partial charge on any atom is -0.458 e. The first-order valence-electron chi connectivity index (χ1n) is 9.06. The van der Waals surface area contributed by atoms with E-state index in [0.29, 0.717) is 17.6 Å². The van der Waals surface area contributed by atoms with Crippen molar-refractivity contribution in [3.8, 4) is 0 Å². The second-order valence-corrected chi connectivity index (χ2v) is 7.29. The number of aromatic nitrogens is 1. The fraction of sp³-hybridized carbons (Fsp3) is 0.450. The van der Waals surface area contributed by atoms with Gasteiger partial charge in [-0.25, -0.2) is 0 Å². The molecule has 25 heavy (non-hydrogen) atoms. The Labute approximate surface area is 147 Å². The number of furan rings is 1. The van der Waals surface area contributed by atoms with Gasteiger partial charge in [0.25, 0.3) is 5.56 Å². The summed E-state index contributed by atoms with van der Waals surface area (Å²) in [7, 11) is 0. The molecule has 0 saturated carbocycles. The molecule has 5 nitrogen and oxygen atoms in total. The second kappa shape index (κ2) is 6.65. The topological polar surface area (TPSA) is 59.8 Å². The number of aliphatic hydroxyl groups excluding tert-OH is 1. The summed E-state index contributed by atoms with van der Waals surface area (Å²) in [4.78, 5) is 14.2. The van der Waals surface area contributed by atoms with E-state index in [0.717, 1.165) is 37.5 Å². The van der Waals surface area contributed by atoms with Gasteiger partial charge < -0.3 is 19.0 Å². The monoisotopic (exact) mass is 341 g/mol. The third kappa shape index (κ3) is 3.10. The van der Waals surface area contributed by atoms with E-state index in [1.807, 2.05) is 41.8 Å². The molecular weight excluding hydrogens is 316 g/mol. The summed E-state index contributed by atoms with van der Waals surface area (Å²) < 4.78 is 7.66. The zero-order chi connectivity index (χ0) is 17.4. The standard InChI is InChI=1S/C20H24N2O3/c1-2-3-15-4-7-19-16-8-14(10-22(19)20(15)24)9-21(11-16)12-17-5-6-18(13-23)25-17/h2-7,14,16,23H,8-13H2,1H3/p+1/b3-2+/t14-,16+/m0/s1. The first kappa shape index (κ1) is 16.4. The molecule has 2 N–H and O–H groups in total. The van der Waals surface area contributed by atoms with Crippen molar-refractivity contribution in [2.24, 2.45) is 5.92 Å². The van der Waals surface area contributed by atoms with Gasteiger partial charge in [0.05, 0.1) is 13.1 Å². The van der Waals surface area contributed by atoms with Crippen molar-refractivity contribution in [1.29, 1.82) is 0 Å². The van der Waals surface area contributed by atoms with Crippen molar-refractivity contribution < 1.29 is 14.4 Å². The molecule has 5 heteroatoms. The summed E-state index contributed by atoms with van der Waals surface area (Å²) >= 11 is 0. The van der Waals surface area contributed by atoms with Crippen molar-refractivity contribution in [3.05, 3.63) is 63.5 Å². The summed E-state index contributed by atoms with van der Waals surface area (Å²) in [5.41, 5.74) is 2.11. The van der Waals surface area contributed by atoms with Gasteiger partial charge in [-0.2, -0.15) is 0 Å². The Morgan fingerprint density at radius 1 is 1.28 bits per heavy atom. The highest BCUT2D eigenvalue weighted by molar-refractivity contribution is 5.48. The fourth-order valence-electron chi connectivity index (χ4n) is 4.49. The SMILES string of the molecule is C/C=C/c1ccc2n(c1=O)C[C@H]1C[C@@H]2C[NH+](Cc2ccc(CO)o2)C1. The third-order valence-corrected chi connectivity index (χ3v) is 5.47. The number of allylic oxidation sites excluding steroid dienone is 1. The number of pyridine rings is 1. The van der Waals surface area contributed by atoms with Crippen molar-refractivity contribution in [3.63, 3.8) is 0 Å². The van der Waals surface area contributed by atoms with Gasteiger partial charge >= 0.3 is 0 Å². The van der Waals surface area contributed by atoms with Crippen LogP contribution in [0.5, 0.6) is 0 Å². The first-order chi connectivity index (χ1) is 12.2. The molecule has 2 aromatic rings. The Hall–Kier alpha value is -2.11. The Balaban J connectivity index is 1.56. The molecule has 2 bridgehead atoms. The molecule has 1 unspecified atom stereocenters. The van der Waals surface area contributed by atoms with Gasteiger partial charge in [0.2, 0.25) is 0 Å². The smallest absolute Gasteiger partial charge is 0.258 e. The molecule has 2 aliphatic rings. The van der Waals surface area contributed by atoms with Crippen LogP contribution in [0.4, 0.5) is 0 Å². The first-order valence-corrected chi connectivity index (χ1v) is 9.06. The molecule has 0 radical (unpaired) electrons. The highest BCUT2D eigenvalue weighted by Gasteiger charge is 2.37. The number of nitrogens with one attached hydrogen (secondary N) is 1. The van der Waals surface area contributed by atoms with Crippen LogP contribution >= 0.6 is 0 Å². The van der Waals surface area contributed by atoms with Gasteiger partial charge in [0.15, 0.2) is 5.76 Å². The quantitative estimate of drug-likeness (QED) is 0.878. The zero-order valence-electron chi connectivity index (χ0n) is 14.6. The van der Waals surface area contributed by atoms with Gasteiger partial charge in [-0.3, -0.25) is 4.79 Å². The lowest BCUT2D eigenvalue weighted by molar-refractivity contribution is -0.925. The molecule has 0 aromatic carbocycles. The molecular formula is C20H25N2O3+. The van der Waals surface area contributed by atoms with Crippen LogP contribution in [0.15, 0.2) is 39.6 Å². The van der Waals surface area contributed by atoms with Crippen LogP contribution in [0, 0.1) is 5.92 Å². The van der Waals surface area contributed by atoms with E-state index in [9.17, 15) is 4.79 Å². The predicted molar refractivity (Wildman–Crippen MR) is 95.3 cm³/mol. The maximum atomic E-state index is 12.7. The lowest BCUT2D eigenvalue weighted by atomic mass is 9.83. The molecule has 0 aliphatic carbocycles. The lowest BCUT2D eigenvalue weighted by Crippen LogP contribution is -3.13. The van der Waals surface area contributed by atoms with Crippen LogP contribution in [0.25, 0.3) is 6.08 Å². The molecule has 1 fully saturated rings. The molecule has 1 saturated heterocycles. The molecule has 4 heterocycles. The summed E-state index contributed by atoms with van der Waals surface area (Å²) in [6.07, 6.45) is 4.99. The molecule has 3 atom stereocenters. The second-order valence-electron chi connectivity index (χ2n) is 7.29. The van der Waals surface area contributed by atoms with Crippen molar-refractivity contribution in [1.82, 2.24) is 4.57 Å². The third-order valence-electron chi connectivity index (χ3n) is 5.47. The number of aliphatic hydroxyl groups is 1. The minimum atomic E-state index is -0.0502. The summed E-state index contributed by atoms with van der Waals surface area (Å²) in [6.45, 7) is 5.63. The Morgan fingerprint density at radius 3 is 2.88 bits per heavy atom. The number of hydrogen-bond donors (Lipinski definition) is 2. The van der Waals surface area contributed by atoms with Gasteiger partial charge in [0, 0.05) is 29.6 Å². The highest BCUT2D eigenvalue weighted by Crippen LogP contribution is 2.30. The number of hydrogen-bond acceptors (Lipinski definition) is 3. The van der Waals surface area contributed by atoms with Gasteiger partial charge in [-0.15, -0.1) is 0 Å².